The molecule has 1 aliphatic rings. The summed E-state index contributed by atoms with van der Waals surface area (Å²) in [5.41, 5.74) is 0. The Balaban J connectivity index is 1.86. The second-order valence-electron chi connectivity index (χ2n) is 5.91. The molecule has 142 valence electrons. The minimum absolute atomic E-state index is 0.232. The Bertz CT molecular complexity index is 840. The summed E-state index contributed by atoms with van der Waals surface area (Å²) in [5.74, 6) is -0.566. The number of hydrogen-bond donors (Lipinski definition) is 0. The van der Waals surface area contributed by atoms with E-state index in [9.17, 15) is 21.6 Å². The van der Waals surface area contributed by atoms with Crippen LogP contribution in [0, 0.1) is 0 Å². The summed E-state index contributed by atoms with van der Waals surface area (Å²) in [6.07, 6.45) is 0.437. The quantitative estimate of drug-likeness (QED) is 0.784. The molecular formula is C15H17F3N4O3S. The lowest BCUT2D eigenvalue weighted by Crippen LogP contribution is -2.45. The number of halogens is 3. The van der Waals surface area contributed by atoms with Crippen LogP contribution in [0.4, 0.5) is 13.2 Å². The van der Waals surface area contributed by atoms with Gasteiger partial charge in [0.15, 0.2) is 0 Å². The molecule has 0 saturated carbocycles. The van der Waals surface area contributed by atoms with Crippen LogP contribution in [0.25, 0.3) is 0 Å². The first kappa shape index (κ1) is 18.6. The average molecular weight is 390 g/mol. The van der Waals surface area contributed by atoms with Gasteiger partial charge < -0.3 is 4.74 Å². The number of benzene rings is 1. The molecule has 0 N–H and O–H groups in total. The second kappa shape index (κ2) is 7.23. The van der Waals surface area contributed by atoms with E-state index in [-0.39, 0.29) is 10.9 Å². The number of hydrogen-bond acceptors (Lipinski definition) is 5. The van der Waals surface area contributed by atoms with E-state index in [1.807, 2.05) is 0 Å². The molecule has 3 rings (SSSR count). The molecule has 0 unspecified atom stereocenters. The number of sulfonamides is 1. The van der Waals surface area contributed by atoms with E-state index in [1.165, 1.54) is 22.6 Å². The number of piperidine rings is 1. The fourth-order valence-electron chi connectivity index (χ4n) is 2.99. The summed E-state index contributed by atoms with van der Waals surface area (Å²) in [6.45, 7) is 0.629. The highest BCUT2D eigenvalue weighted by Crippen LogP contribution is 2.29. The first-order valence-electron chi connectivity index (χ1n) is 7.97. The van der Waals surface area contributed by atoms with Crippen LogP contribution in [0.5, 0.6) is 5.75 Å². The molecule has 0 aliphatic carbocycles. The molecule has 0 bridgehead atoms. The lowest BCUT2D eigenvalue weighted by atomic mass is 10.1. The van der Waals surface area contributed by atoms with Crippen molar-refractivity contribution in [1.29, 1.82) is 0 Å². The summed E-state index contributed by atoms with van der Waals surface area (Å²) < 4.78 is 69.9. The largest absolute Gasteiger partial charge is 0.573 e. The van der Waals surface area contributed by atoms with Gasteiger partial charge in [-0.1, -0.05) is 17.7 Å². The van der Waals surface area contributed by atoms with Crippen molar-refractivity contribution in [3.63, 3.8) is 0 Å². The lowest BCUT2D eigenvalue weighted by molar-refractivity contribution is -0.274. The van der Waals surface area contributed by atoms with Crippen LogP contribution in [-0.2, 0) is 16.6 Å². The van der Waals surface area contributed by atoms with Gasteiger partial charge in [0.05, 0.1) is 17.6 Å². The number of alkyl halides is 3. The highest BCUT2D eigenvalue weighted by atomic mass is 32.2. The molecule has 0 radical (unpaired) electrons. The Morgan fingerprint density at radius 3 is 2.77 bits per heavy atom. The fourth-order valence-corrected chi connectivity index (χ4v) is 4.71. The van der Waals surface area contributed by atoms with E-state index in [2.05, 4.69) is 15.0 Å². The van der Waals surface area contributed by atoms with Crippen molar-refractivity contribution in [3.8, 4) is 5.75 Å². The van der Waals surface area contributed by atoms with Gasteiger partial charge in [0.1, 0.15) is 5.75 Å². The Labute approximate surface area is 148 Å². The topological polar surface area (TPSA) is 77.3 Å². The first-order valence-corrected chi connectivity index (χ1v) is 9.41. The van der Waals surface area contributed by atoms with Crippen molar-refractivity contribution in [2.45, 2.75) is 43.1 Å². The van der Waals surface area contributed by atoms with E-state index in [0.717, 1.165) is 18.6 Å². The number of rotatable bonds is 5. The molecular weight excluding hydrogens is 373 g/mol. The molecule has 11 heteroatoms. The number of ether oxygens (including phenoxy) is 1. The average Bonchev–Trinajstić information content (AvgIpc) is 3.07. The monoisotopic (exact) mass is 390 g/mol. The van der Waals surface area contributed by atoms with E-state index >= 15 is 0 Å². The molecule has 0 amide bonds. The second-order valence-corrected chi connectivity index (χ2v) is 7.80. The normalized spacial score (nSPS) is 19.4. The van der Waals surface area contributed by atoms with Gasteiger partial charge >= 0.3 is 6.36 Å². The number of aromatic nitrogens is 3. The maximum atomic E-state index is 13.0. The standard InChI is InChI=1S/C15H17F3N4O3S/c16-15(17,18)25-13-5-3-6-14(10-13)26(23,24)22-8-2-1-4-12(22)11-21-9-7-19-20-21/h3,5-7,9-10,12H,1-2,4,8,11H2/t12-/m0/s1. The third-order valence-electron chi connectivity index (χ3n) is 4.09. The molecule has 1 atom stereocenters. The van der Waals surface area contributed by atoms with Gasteiger partial charge in [-0.25, -0.2) is 8.42 Å². The number of nitrogens with zero attached hydrogens (tertiary/aromatic N) is 4. The predicted molar refractivity (Wildman–Crippen MR) is 84.7 cm³/mol. The van der Waals surface area contributed by atoms with Gasteiger partial charge in [-0.15, -0.1) is 18.3 Å². The van der Waals surface area contributed by atoms with Crippen LogP contribution in [0.3, 0.4) is 0 Å². The van der Waals surface area contributed by atoms with Gasteiger partial charge in [-0.2, -0.15) is 4.31 Å². The van der Waals surface area contributed by atoms with Crippen molar-refractivity contribution >= 4 is 10.0 Å². The zero-order valence-electron chi connectivity index (χ0n) is 13.6. The minimum Gasteiger partial charge on any atom is -0.406 e. The van der Waals surface area contributed by atoms with Crippen LogP contribution in [0.1, 0.15) is 19.3 Å². The van der Waals surface area contributed by atoms with Crippen molar-refractivity contribution in [1.82, 2.24) is 19.3 Å². The zero-order chi connectivity index (χ0) is 18.8. The van der Waals surface area contributed by atoms with E-state index in [4.69, 9.17) is 0 Å². The first-order chi connectivity index (χ1) is 12.3. The maximum absolute atomic E-state index is 13.0. The summed E-state index contributed by atoms with van der Waals surface area (Å²) in [7, 11) is -3.97. The molecule has 1 aromatic carbocycles. The molecule has 1 saturated heterocycles. The smallest absolute Gasteiger partial charge is 0.406 e. The van der Waals surface area contributed by atoms with Gasteiger partial charge in [0, 0.05) is 24.8 Å². The molecule has 1 aromatic heterocycles. The van der Waals surface area contributed by atoms with Gasteiger partial charge in [-0.05, 0) is 25.0 Å². The van der Waals surface area contributed by atoms with Crippen LogP contribution in [0.2, 0.25) is 0 Å². The molecule has 2 heterocycles. The fraction of sp³-hybridized carbons (Fsp3) is 0.467. The molecule has 1 aliphatic heterocycles. The van der Waals surface area contributed by atoms with Crippen molar-refractivity contribution in [3.05, 3.63) is 36.7 Å². The third-order valence-corrected chi connectivity index (χ3v) is 6.04. The highest BCUT2D eigenvalue weighted by molar-refractivity contribution is 7.89. The lowest BCUT2D eigenvalue weighted by Gasteiger charge is -2.34. The zero-order valence-corrected chi connectivity index (χ0v) is 14.4. The van der Waals surface area contributed by atoms with Crippen molar-refractivity contribution in [2.75, 3.05) is 6.54 Å². The SMILES string of the molecule is O=S(=O)(c1cccc(OC(F)(F)F)c1)N1CCCC[C@H]1Cn1ccnn1. The summed E-state index contributed by atoms with van der Waals surface area (Å²) in [4.78, 5) is -0.232. The highest BCUT2D eigenvalue weighted by Gasteiger charge is 2.35. The maximum Gasteiger partial charge on any atom is 0.573 e. The molecule has 2 aromatic rings. The summed E-state index contributed by atoms with van der Waals surface area (Å²) >= 11 is 0. The van der Waals surface area contributed by atoms with Crippen LogP contribution >= 0.6 is 0 Å². The molecule has 26 heavy (non-hydrogen) atoms. The van der Waals surface area contributed by atoms with E-state index in [0.29, 0.717) is 25.9 Å². The Kier molecular flexibility index (Phi) is 5.19. The van der Waals surface area contributed by atoms with Crippen LogP contribution in [0.15, 0.2) is 41.6 Å². The molecule has 7 nitrogen and oxygen atoms in total. The van der Waals surface area contributed by atoms with E-state index < -0.39 is 22.1 Å². The predicted octanol–water partition coefficient (Wildman–Crippen LogP) is 2.42. The van der Waals surface area contributed by atoms with Crippen molar-refractivity contribution in [2.24, 2.45) is 0 Å². The summed E-state index contributed by atoms with van der Waals surface area (Å²) in [5, 5.41) is 7.55. The Morgan fingerprint density at radius 2 is 2.08 bits per heavy atom. The van der Waals surface area contributed by atoms with Gasteiger partial charge in [0.2, 0.25) is 10.0 Å². The van der Waals surface area contributed by atoms with Gasteiger partial charge in [-0.3, -0.25) is 4.68 Å². The van der Waals surface area contributed by atoms with Crippen LogP contribution in [-0.4, -0.2) is 46.7 Å². The van der Waals surface area contributed by atoms with Crippen molar-refractivity contribution < 1.29 is 26.3 Å². The molecule has 0 spiro atoms. The minimum atomic E-state index is -4.89. The van der Waals surface area contributed by atoms with Crippen LogP contribution < -0.4 is 4.74 Å². The Hall–Kier alpha value is -2.14. The Morgan fingerprint density at radius 1 is 1.27 bits per heavy atom. The van der Waals surface area contributed by atoms with E-state index in [1.54, 1.807) is 10.9 Å². The third kappa shape index (κ3) is 4.33. The summed E-state index contributed by atoms with van der Waals surface area (Å²) in [6, 6.07) is 4.10. The van der Waals surface area contributed by atoms with Gasteiger partial charge in [0.25, 0.3) is 0 Å². The molecule has 1 fully saturated rings.